The molecule has 1 aliphatic rings. The molecule has 1 aromatic heterocycles. The molecule has 1 aliphatic heterocycles. The first-order valence-corrected chi connectivity index (χ1v) is 8.44. The van der Waals surface area contributed by atoms with Crippen LogP contribution in [0.5, 0.6) is 0 Å². The van der Waals surface area contributed by atoms with Crippen LogP contribution in [-0.4, -0.2) is 60.5 Å². The molecule has 21 heavy (non-hydrogen) atoms. The predicted octanol–water partition coefficient (Wildman–Crippen LogP) is 1.65. The van der Waals surface area contributed by atoms with Crippen LogP contribution >= 0.6 is 11.3 Å². The summed E-state index contributed by atoms with van der Waals surface area (Å²) in [6.45, 7) is 6.66. The number of carbonyl (C=O) groups is 1. The second-order valence-corrected chi connectivity index (χ2v) is 6.96. The van der Waals surface area contributed by atoms with Crippen LogP contribution in [0.25, 0.3) is 0 Å². The number of hydrogen-bond acceptors (Lipinski definition) is 5. The summed E-state index contributed by atoms with van der Waals surface area (Å²) in [5.41, 5.74) is 1.01. The van der Waals surface area contributed by atoms with Crippen molar-refractivity contribution in [1.82, 2.24) is 20.1 Å². The summed E-state index contributed by atoms with van der Waals surface area (Å²) in [5, 5.41) is 6.04. The summed E-state index contributed by atoms with van der Waals surface area (Å²) in [6, 6.07) is 0.506. The molecular weight excluding hydrogens is 284 g/mol. The van der Waals surface area contributed by atoms with Gasteiger partial charge in [0.2, 0.25) is 5.91 Å². The van der Waals surface area contributed by atoms with Gasteiger partial charge >= 0.3 is 0 Å². The highest BCUT2D eigenvalue weighted by atomic mass is 32.1. The van der Waals surface area contributed by atoms with Crippen molar-refractivity contribution >= 4 is 17.2 Å². The Morgan fingerprint density at radius 2 is 2.24 bits per heavy atom. The molecule has 118 valence electrons. The maximum Gasteiger partial charge on any atom is 0.234 e. The van der Waals surface area contributed by atoms with E-state index in [1.165, 1.54) is 0 Å². The first kappa shape index (κ1) is 16.4. The number of nitrogens with one attached hydrogen (secondary N) is 1. The molecule has 1 fully saturated rings. The highest BCUT2D eigenvalue weighted by Gasteiger charge is 2.22. The number of likely N-dealkylation sites (tertiary alicyclic amines) is 1. The summed E-state index contributed by atoms with van der Waals surface area (Å²) in [7, 11) is 4.20. The molecular formula is C15H26N4OS. The van der Waals surface area contributed by atoms with E-state index in [0.29, 0.717) is 12.6 Å². The van der Waals surface area contributed by atoms with E-state index in [1.54, 1.807) is 11.3 Å². The number of likely N-dealkylation sites (N-methyl/N-ethyl adjacent to an activating group) is 1. The summed E-state index contributed by atoms with van der Waals surface area (Å²) in [5.74, 6) is 0.0804. The van der Waals surface area contributed by atoms with Crippen molar-refractivity contribution < 1.29 is 4.79 Å². The zero-order chi connectivity index (χ0) is 15.4. The second kappa shape index (κ2) is 7.33. The van der Waals surface area contributed by atoms with Gasteiger partial charge in [0.05, 0.1) is 12.6 Å². The van der Waals surface area contributed by atoms with E-state index in [-0.39, 0.29) is 11.9 Å². The molecule has 0 aliphatic carbocycles. The Labute approximate surface area is 131 Å². The second-order valence-electron chi connectivity index (χ2n) is 6.07. The summed E-state index contributed by atoms with van der Waals surface area (Å²) >= 11 is 1.60. The van der Waals surface area contributed by atoms with Crippen molar-refractivity contribution in [3.8, 4) is 0 Å². The largest absolute Gasteiger partial charge is 0.346 e. The molecule has 5 nitrogen and oxygen atoms in total. The van der Waals surface area contributed by atoms with E-state index in [9.17, 15) is 4.79 Å². The number of carbonyl (C=O) groups excluding carboxylic acids is 1. The van der Waals surface area contributed by atoms with E-state index >= 15 is 0 Å². The number of rotatable bonds is 5. The maximum absolute atomic E-state index is 12.2. The predicted molar refractivity (Wildman–Crippen MR) is 86.6 cm³/mol. The smallest absolute Gasteiger partial charge is 0.234 e. The first-order valence-electron chi connectivity index (χ1n) is 7.56. The number of hydrogen-bond donors (Lipinski definition) is 1. The Morgan fingerprint density at radius 3 is 2.81 bits per heavy atom. The zero-order valence-electron chi connectivity index (χ0n) is 13.4. The average molecular weight is 310 g/mol. The highest BCUT2D eigenvalue weighted by Crippen LogP contribution is 2.18. The standard InChI is InChI=1S/C15H26N4OS/c1-11-10-21-15(16-11)12(2)17-14(20)9-19(4)13-5-7-18(3)8-6-13/h10,12-13H,5-9H2,1-4H3,(H,17,20)/t12-/m1/s1. The number of nitrogens with zero attached hydrogens (tertiary/aromatic N) is 3. The van der Waals surface area contributed by atoms with Gasteiger partial charge in [0, 0.05) is 17.1 Å². The Bertz CT molecular complexity index is 468. The van der Waals surface area contributed by atoms with Crippen molar-refractivity contribution in [2.45, 2.75) is 38.8 Å². The van der Waals surface area contributed by atoms with Crippen LogP contribution in [0, 0.1) is 6.92 Å². The number of aryl methyl sites for hydroxylation is 1. The normalized spacial score (nSPS) is 18.9. The molecule has 2 heterocycles. The summed E-state index contributed by atoms with van der Waals surface area (Å²) < 4.78 is 0. The summed E-state index contributed by atoms with van der Waals surface area (Å²) in [6.07, 6.45) is 2.28. The van der Waals surface area contributed by atoms with Crippen molar-refractivity contribution in [2.24, 2.45) is 0 Å². The lowest BCUT2D eigenvalue weighted by Gasteiger charge is -2.34. The lowest BCUT2D eigenvalue weighted by molar-refractivity contribution is -0.123. The zero-order valence-corrected chi connectivity index (χ0v) is 14.2. The monoisotopic (exact) mass is 310 g/mol. The molecule has 0 spiro atoms. The summed E-state index contributed by atoms with van der Waals surface area (Å²) in [4.78, 5) is 21.1. The van der Waals surface area contributed by atoms with Crippen molar-refractivity contribution in [3.63, 3.8) is 0 Å². The van der Waals surface area contributed by atoms with Gasteiger partial charge in [-0.1, -0.05) is 0 Å². The highest BCUT2D eigenvalue weighted by molar-refractivity contribution is 7.09. The number of piperidine rings is 1. The van der Waals surface area contributed by atoms with Gasteiger partial charge in [0.25, 0.3) is 0 Å². The molecule has 1 saturated heterocycles. The van der Waals surface area contributed by atoms with E-state index in [2.05, 4.69) is 27.1 Å². The SMILES string of the molecule is Cc1csc([C@@H](C)NC(=O)CN(C)C2CCN(C)CC2)n1. The lowest BCUT2D eigenvalue weighted by Crippen LogP contribution is -2.46. The van der Waals surface area contributed by atoms with Gasteiger partial charge in [0.15, 0.2) is 0 Å². The third-order valence-electron chi connectivity index (χ3n) is 4.09. The Balaban J connectivity index is 1.78. The van der Waals surface area contributed by atoms with Crippen LogP contribution in [0.4, 0.5) is 0 Å². The molecule has 0 aromatic carbocycles. The van der Waals surface area contributed by atoms with Crippen LogP contribution < -0.4 is 5.32 Å². The van der Waals surface area contributed by atoms with Gasteiger partial charge in [-0.3, -0.25) is 9.69 Å². The topological polar surface area (TPSA) is 48.5 Å². The minimum absolute atomic E-state index is 0.0120. The van der Waals surface area contributed by atoms with Gasteiger partial charge in [-0.15, -0.1) is 11.3 Å². The van der Waals surface area contributed by atoms with E-state index < -0.39 is 0 Å². The molecule has 6 heteroatoms. The van der Waals surface area contributed by atoms with Gasteiger partial charge in [-0.2, -0.15) is 0 Å². The van der Waals surface area contributed by atoms with Crippen LogP contribution in [0.15, 0.2) is 5.38 Å². The Kier molecular flexibility index (Phi) is 5.72. The fourth-order valence-electron chi connectivity index (χ4n) is 2.71. The molecule has 1 amide bonds. The molecule has 2 rings (SSSR count). The van der Waals surface area contributed by atoms with Crippen LogP contribution in [0.2, 0.25) is 0 Å². The quantitative estimate of drug-likeness (QED) is 0.898. The number of amides is 1. The van der Waals surface area contributed by atoms with Gasteiger partial charge in [-0.05, 0) is 53.9 Å². The van der Waals surface area contributed by atoms with Gasteiger partial charge in [0.1, 0.15) is 5.01 Å². The molecule has 1 N–H and O–H groups in total. The van der Waals surface area contributed by atoms with Crippen molar-refractivity contribution in [1.29, 1.82) is 0 Å². The van der Waals surface area contributed by atoms with Crippen molar-refractivity contribution in [3.05, 3.63) is 16.1 Å². The van der Waals surface area contributed by atoms with E-state index in [0.717, 1.165) is 36.6 Å². The van der Waals surface area contributed by atoms with Gasteiger partial charge in [-0.25, -0.2) is 4.98 Å². The number of aromatic nitrogens is 1. The minimum Gasteiger partial charge on any atom is -0.346 e. The van der Waals surface area contributed by atoms with Crippen LogP contribution in [-0.2, 0) is 4.79 Å². The average Bonchev–Trinajstić information content (AvgIpc) is 2.86. The molecule has 0 bridgehead atoms. The fourth-order valence-corrected chi connectivity index (χ4v) is 3.52. The number of thiazole rings is 1. The van der Waals surface area contributed by atoms with Crippen LogP contribution in [0.1, 0.15) is 36.5 Å². The molecule has 1 aromatic rings. The van der Waals surface area contributed by atoms with Crippen LogP contribution in [0.3, 0.4) is 0 Å². The third kappa shape index (κ3) is 4.76. The van der Waals surface area contributed by atoms with Crippen molar-refractivity contribution in [2.75, 3.05) is 33.7 Å². The first-order chi connectivity index (χ1) is 9.95. The minimum atomic E-state index is -0.0120. The Morgan fingerprint density at radius 1 is 1.57 bits per heavy atom. The van der Waals surface area contributed by atoms with E-state index in [1.807, 2.05) is 26.3 Å². The Hall–Kier alpha value is -0.980. The fraction of sp³-hybridized carbons (Fsp3) is 0.733. The molecule has 1 atom stereocenters. The molecule has 0 saturated carbocycles. The third-order valence-corrected chi connectivity index (χ3v) is 5.23. The maximum atomic E-state index is 12.2. The molecule has 0 unspecified atom stereocenters. The lowest BCUT2D eigenvalue weighted by atomic mass is 10.0. The van der Waals surface area contributed by atoms with Gasteiger partial charge < -0.3 is 10.2 Å². The molecule has 0 radical (unpaired) electrons. The van der Waals surface area contributed by atoms with E-state index in [4.69, 9.17) is 0 Å².